The topological polar surface area (TPSA) is 17.8 Å². The number of benzene rings is 4. The number of aromatic nitrogens is 2. The van der Waals surface area contributed by atoms with Crippen molar-refractivity contribution in [3.8, 4) is 33.6 Å². The maximum Gasteiger partial charge on any atom is 0.141 e. The van der Waals surface area contributed by atoms with Gasteiger partial charge in [0.25, 0.3) is 0 Å². The average molecular weight is 417 g/mol. The van der Waals surface area contributed by atoms with Gasteiger partial charge in [-0.25, -0.2) is 4.98 Å². The van der Waals surface area contributed by atoms with E-state index in [-0.39, 0.29) is 5.54 Å². The van der Waals surface area contributed by atoms with Gasteiger partial charge in [-0.05, 0) is 73.7 Å². The van der Waals surface area contributed by atoms with Crippen molar-refractivity contribution >= 4 is 11.0 Å². The Hall–Kier alpha value is -3.65. The van der Waals surface area contributed by atoms with E-state index in [1.54, 1.807) is 0 Å². The monoisotopic (exact) mass is 416 g/mol. The smallest absolute Gasteiger partial charge is 0.141 e. The highest BCUT2D eigenvalue weighted by Crippen LogP contribution is 2.36. The molecular weight excluding hydrogens is 388 g/mol. The summed E-state index contributed by atoms with van der Waals surface area (Å²) in [5.41, 5.74) is 9.33. The molecule has 0 aliphatic rings. The third-order valence-corrected chi connectivity index (χ3v) is 6.02. The van der Waals surface area contributed by atoms with E-state index in [9.17, 15) is 0 Å². The van der Waals surface area contributed by atoms with Crippen LogP contribution in [0.3, 0.4) is 0 Å². The summed E-state index contributed by atoms with van der Waals surface area (Å²) in [6.07, 6.45) is 0. The summed E-state index contributed by atoms with van der Waals surface area (Å²) < 4.78 is 2.38. The van der Waals surface area contributed by atoms with E-state index >= 15 is 0 Å². The molecule has 0 bridgehead atoms. The van der Waals surface area contributed by atoms with Crippen molar-refractivity contribution in [1.29, 1.82) is 0 Å². The molecule has 0 unspecified atom stereocenters. The summed E-state index contributed by atoms with van der Waals surface area (Å²) in [6.45, 7) is 8.92. The zero-order valence-electron chi connectivity index (χ0n) is 19.1. The predicted molar refractivity (Wildman–Crippen MR) is 136 cm³/mol. The van der Waals surface area contributed by atoms with Gasteiger partial charge in [-0.1, -0.05) is 78.9 Å². The van der Waals surface area contributed by atoms with Gasteiger partial charge in [0.1, 0.15) is 5.82 Å². The molecule has 5 aromatic rings. The minimum Gasteiger partial charge on any atom is -0.319 e. The van der Waals surface area contributed by atoms with Crippen LogP contribution in [0.1, 0.15) is 26.3 Å². The van der Waals surface area contributed by atoms with E-state index in [4.69, 9.17) is 4.98 Å². The molecule has 0 fully saturated rings. The fourth-order valence-electron chi connectivity index (χ4n) is 4.42. The SMILES string of the molecule is Cc1ccc(-c2ccccc2)cc1-c1nc2cc(-c3ccccc3)ccc2n1C(C)(C)C. The van der Waals surface area contributed by atoms with E-state index in [0.717, 1.165) is 16.9 Å². The summed E-state index contributed by atoms with van der Waals surface area (Å²) in [6, 6.07) is 34.4. The molecule has 0 aliphatic heterocycles. The molecule has 0 saturated carbocycles. The molecule has 2 heteroatoms. The Morgan fingerprint density at radius 1 is 0.625 bits per heavy atom. The summed E-state index contributed by atoms with van der Waals surface area (Å²) in [5.74, 6) is 1.02. The van der Waals surface area contributed by atoms with Gasteiger partial charge in [0.15, 0.2) is 0 Å². The predicted octanol–water partition coefficient (Wildman–Crippen LogP) is 8.10. The highest BCUT2D eigenvalue weighted by Gasteiger charge is 2.24. The molecule has 158 valence electrons. The fraction of sp³-hybridized carbons (Fsp3) is 0.167. The lowest BCUT2D eigenvalue weighted by atomic mass is 9.98. The van der Waals surface area contributed by atoms with Crippen LogP contribution in [0, 0.1) is 6.92 Å². The first-order chi connectivity index (χ1) is 15.4. The van der Waals surface area contributed by atoms with Crippen molar-refractivity contribution in [3.05, 3.63) is 103 Å². The number of rotatable bonds is 3. The quantitative estimate of drug-likeness (QED) is 0.290. The lowest BCUT2D eigenvalue weighted by molar-refractivity contribution is 0.413. The van der Waals surface area contributed by atoms with Crippen LogP contribution >= 0.6 is 0 Å². The zero-order valence-corrected chi connectivity index (χ0v) is 19.1. The van der Waals surface area contributed by atoms with Crippen LogP contribution in [0.15, 0.2) is 97.1 Å². The first-order valence-electron chi connectivity index (χ1n) is 11.2. The molecule has 32 heavy (non-hydrogen) atoms. The van der Waals surface area contributed by atoms with Gasteiger partial charge in [0, 0.05) is 11.1 Å². The molecule has 2 nitrogen and oxygen atoms in total. The third kappa shape index (κ3) is 3.62. The van der Waals surface area contributed by atoms with Gasteiger partial charge in [-0.3, -0.25) is 0 Å². The minimum atomic E-state index is -0.104. The molecule has 1 heterocycles. The maximum atomic E-state index is 5.19. The molecule has 0 aliphatic carbocycles. The van der Waals surface area contributed by atoms with Crippen molar-refractivity contribution in [1.82, 2.24) is 9.55 Å². The first kappa shape index (κ1) is 20.3. The first-order valence-corrected chi connectivity index (χ1v) is 11.2. The van der Waals surface area contributed by atoms with Gasteiger partial charge in [0.2, 0.25) is 0 Å². The van der Waals surface area contributed by atoms with Crippen LogP contribution in [-0.4, -0.2) is 9.55 Å². The summed E-state index contributed by atoms with van der Waals surface area (Å²) in [5, 5.41) is 0. The molecule has 1 aromatic heterocycles. The summed E-state index contributed by atoms with van der Waals surface area (Å²) in [4.78, 5) is 5.19. The van der Waals surface area contributed by atoms with Gasteiger partial charge >= 0.3 is 0 Å². The Morgan fingerprint density at radius 3 is 1.78 bits per heavy atom. The molecule has 0 atom stereocenters. The third-order valence-electron chi connectivity index (χ3n) is 6.02. The summed E-state index contributed by atoms with van der Waals surface area (Å²) >= 11 is 0. The minimum absolute atomic E-state index is 0.104. The number of fused-ring (bicyclic) bond motifs is 1. The molecule has 0 radical (unpaired) electrons. The van der Waals surface area contributed by atoms with Crippen LogP contribution < -0.4 is 0 Å². The van der Waals surface area contributed by atoms with Gasteiger partial charge in [-0.2, -0.15) is 0 Å². The van der Waals surface area contributed by atoms with E-state index in [1.807, 2.05) is 0 Å². The van der Waals surface area contributed by atoms with Crippen molar-refractivity contribution < 1.29 is 0 Å². The largest absolute Gasteiger partial charge is 0.319 e. The zero-order chi connectivity index (χ0) is 22.3. The van der Waals surface area contributed by atoms with E-state index in [0.29, 0.717) is 0 Å². The fourth-order valence-corrected chi connectivity index (χ4v) is 4.42. The average Bonchev–Trinajstić information content (AvgIpc) is 3.19. The van der Waals surface area contributed by atoms with Crippen molar-refractivity contribution in [2.75, 3.05) is 0 Å². The van der Waals surface area contributed by atoms with Gasteiger partial charge < -0.3 is 4.57 Å². The number of imidazole rings is 1. The van der Waals surface area contributed by atoms with Crippen LogP contribution in [0.25, 0.3) is 44.7 Å². The lowest BCUT2D eigenvalue weighted by Crippen LogP contribution is -2.22. The number of hydrogen-bond acceptors (Lipinski definition) is 1. The molecule has 4 aromatic carbocycles. The van der Waals surface area contributed by atoms with Crippen molar-refractivity contribution in [2.45, 2.75) is 33.2 Å². The van der Waals surface area contributed by atoms with Crippen LogP contribution in [0.2, 0.25) is 0 Å². The second-order valence-corrected chi connectivity index (χ2v) is 9.41. The standard InChI is InChI=1S/C30H28N2/c1-21-15-16-24(22-11-7-5-8-12-22)19-26(21)29-31-27-20-25(23-13-9-6-10-14-23)17-18-28(27)32(29)30(2,3)4/h5-20H,1-4H3. The molecule has 0 N–H and O–H groups in total. The van der Waals surface area contributed by atoms with Crippen LogP contribution in [0.4, 0.5) is 0 Å². The second-order valence-electron chi connectivity index (χ2n) is 9.41. The van der Waals surface area contributed by atoms with Gasteiger partial charge in [0.05, 0.1) is 11.0 Å². The Bertz CT molecular complexity index is 1390. The van der Waals surface area contributed by atoms with E-state index in [1.165, 1.54) is 33.4 Å². The molecule has 0 amide bonds. The highest BCUT2D eigenvalue weighted by molar-refractivity contribution is 5.87. The Balaban J connectivity index is 1.73. The second kappa shape index (κ2) is 7.80. The number of hydrogen-bond donors (Lipinski definition) is 0. The van der Waals surface area contributed by atoms with Crippen LogP contribution in [0.5, 0.6) is 0 Å². The number of aryl methyl sites for hydroxylation is 1. The molecule has 0 spiro atoms. The normalized spacial score (nSPS) is 11.8. The molecule has 5 rings (SSSR count). The van der Waals surface area contributed by atoms with Gasteiger partial charge in [-0.15, -0.1) is 0 Å². The van der Waals surface area contributed by atoms with Crippen molar-refractivity contribution in [2.24, 2.45) is 0 Å². The van der Waals surface area contributed by atoms with Crippen LogP contribution in [-0.2, 0) is 5.54 Å². The summed E-state index contributed by atoms with van der Waals surface area (Å²) in [7, 11) is 0. The number of nitrogens with zero attached hydrogens (tertiary/aromatic N) is 2. The maximum absolute atomic E-state index is 5.19. The highest BCUT2D eigenvalue weighted by atomic mass is 15.1. The Labute approximate surface area is 190 Å². The molecular formula is C30H28N2. The van der Waals surface area contributed by atoms with E-state index < -0.39 is 0 Å². The molecule has 0 saturated heterocycles. The van der Waals surface area contributed by atoms with E-state index in [2.05, 4.69) is 129 Å². The Morgan fingerprint density at radius 2 is 1.19 bits per heavy atom. The van der Waals surface area contributed by atoms with Crippen molar-refractivity contribution in [3.63, 3.8) is 0 Å². The Kier molecular flexibility index (Phi) is 4.94. The lowest BCUT2D eigenvalue weighted by Gasteiger charge is -2.25.